The highest BCUT2D eigenvalue weighted by atomic mass is 32.2. The molecule has 6 rings (SSSR count). The molecule has 2 aromatic heterocycles. The first-order chi connectivity index (χ1) is 40.4. The Morgan fingerprint density at radius 1 is 0.835 bits per heavy atom. The number of pyridine rings is 2. The summed E-state index contributed by atoms with van der Waals surface area (Å²) >= 11 is 2.55. The van der Waals surface area contributed by atoms with Crippen LogP contribution in [0.4, 0.5) is 0 Å². The Kier molecular flexibility index (Phi) is 25.3. The number of carbonyl (C=O) groups is 10. The number of fused-ring (bicyclic) bond motifs is 3. The lowest BCUT2D eigenvalue weighted by atomic mass is 9.87. The van der Waals surface area contributed by atoms with Crippen molar-refractivity contribution in [2.75, 3.05) is 31.3 Å². The normalized spacial score (nSPS) is 23.0. The van der Waals surface area contributed by atoms with Crippen LogP contribution < -0.4 is 43.0 Å². The number of carbonyl (C=O) groups excluding carboxylic acids is 9. The number of nitrogens with zero attached hydrogens (tertiary/aromatic N) is 3. The Morgan fingerprint density at radius 2 is 1.53 bits per heavy atom. The molecule has 3 aromatic rings. The zero-order valence-electron chi connectivity index (χ0n) is 49.2. The number of hydrogen-bond acceptors (Lipinski definition) is 16. The molecular weight excluding hydrogens is 1130 g/mol. The standard InChI is InChI=1S/C59H83N11O13S2/c1-7-35(6)50-57(81)65-45(51(60)75)31-84-29-38-12-10-13-39(62-38)30-85-32-46(55(79)69-59(19-21-83-22-20-59)58(82)67-44(24-34(4)5)54(78)68-50)66-53(77)43(23-33(2)3)64-52(76)42(16-18-49(73)74)63-56(80)47-26-40(71)28-70(47)48(72)17-15-36-25-37-11-8-9-14-41(37)61-27-36/h8-14,25,27,33-35,40,42-47,50,71H,7,15-24,26,28-32H2,1-6H3,(H2,60,75)(H,63,80)(H,64,76)(H,65,81)(H,66,77)(H,67,82)(H,68,78)(H,69,79)(H,73,74)/t35-,40+,42-,43+,44-,45-,46-,47-,50-/m0/s1. The first-order valence-corrected chi connectivity index (χ1v) is 31.4. The van der Waals surface area contributed by atoms with E-state index in [2.05, 4.69) is 42.2 Å². The van der Waals surface area contributed by atoms with Gasteiger partial charge in [0.05, 0.1) is 23.0 Å². The zero-order chi connectivity index (χ0) is 62.0. The van der Waals surface area contributed by atoms with E-state index in [0.717, 1.165) is 16.5 Å². The number of aliphatic carboxylic acids is 1. The molecule has 1 aromatic carbocycles. The molecule has 2 bridgehead atoms. The smallest absolute Gasteiger partial charge is 0.303 e. The number of aliphatic hydroxyl groups is 1. The van der Waals surface area contributed by atoms with Crippen LogP contribution in [0.1, 0.15) is 116 Å². The summed E-state index contributed by atoms with van der Waals surface area (Å²) in [5.74, 6) is -8.04. The summed E-state index contributed by atoms with van der Waals surface area (Å²) < 4.78 is 5.67. The number of benzene rings is 1. The highest BCUT2D eigenvalue weighted by Crippen LogP contribution is 2.26. The van der Waals surface area contributed by atoms with Crippen LogP contribution in [-0.2, 0) is 70.6 Å². The van der Waals surface area contributed by atoms with Crippen molar-refractivity contribution >= 4 is 93.6 Å². The van der Waals surface area contributed by atoms with Crippen LogP contribution in [0, 0.1) is 17.8 Å². The molecule has 26 heteroatoms. The van der Waals surface area contributed by atoms with E-state index >= 15 is 0 Å². The summed E-state index contributed by atoms with van der Waals surface area (Å²) in [5, 5.41) is 40.8. The lowest BCUT2D eigenvalue weighted by Crippen LogP contribution is -2.67. The van der Waals surface area contributed by atoms with Crippen LogP contribution in [0.25, 0.3) is 10.9 Å². The quantitative estimate of drug-likeness (QED) is 0.0817. The number of nitrogens with two attached hydrogens (primary N) is 1. The second-order valence-corrected chi connectivity index (χ2v) is 25.1. The van der Waals surface area contributed by atoms with Crippen molar-refractivity contribution in [3.63, 3.8) is 0 Å². The highest BCUT2D eigenvalue weighted by Gasteiger charge is 2.46. The third-order valence-corrected chi connectivity index (χ3v) is 17.4. The molecule has 24 nitrogen and oxygen atoms in total. The predicted molar refractivity (Wildman–Crippen MR) is 320 cm³/mol. The van der Waals surface area contributed by atoms with Gasteiger partial charge in [0.15, 0.2) is 0 Å². The number of β-amino-alcohol motifs (C(OH)–C–C–N with tert-alkyl or cyclic N) is 1. The number of para-hydroxylation sites is 1. The molecule has 3 aliphatic heterocycles. The number of aryl methyl sites for hydroxylation is 1. The van der Waals surface area contributed by atoms with Crippen molar-refractivity contribution in [3.8, 4) is 0 Å². The Balaban J connectivity index is 1.25. The van der Waals surface area contributed by atoms with Gasteiger partial charge in [-0.25, -0.2) is 0 Å². The first kappa shape index (κ1) is 67.2. The maximum atomic E-state index is 14.9. The van der Waals surface area contributed by atoms with Gasteiger partial charge in [-0.2, -0.15) is 23.5 Å². The van der Waals surface area contributed by atoms with Crippen LogP contribution >= 0.6 is 23.5 Å². The van der Waals surface area contributed by atoms with Gasteiger partial charge in [-0.3, -0.25) is 57.9 Å². The van der Waals surface area contributed by atoms with E-state index in [4.69, 9.17) is 15.5 Å². The molecule has 85 heavy (non-hydrogen) atoms. The molecule has 11 N–H and O–H groups in total. The van der Waals surface area contributed by atoms with Gasteiger partial charge in [0.2, 0.25) is 53.2 Å². The van der Waals surface area contributed by atoms with Crippen LogP contribution in [0.5, 0.6) is 0 Å². The summed E-state index contributed by atoms with van der Waals surface area (Å²) in [7, 11) is 0. The third kappa shape index (κ3) is 19.8. The summed E-state index contributed by atoms with van der Waals surface area (Å²) in [5.41, 5.74) is 6.93. The van der Waals surface area contributed by atoms with E-state index in [1.165, 1.54) is 28.4 Å². The first-order valence-electron chi connectivity index (χ1n) is 29.1. The average molecular weight is 1220 g/mol. The SMILES string of the molecule is CC[C@H](C)[C@@H]1NC(=O)[C@H](CC(C)C)NC(=O)C2(CCOCC2)NC(=O)[C@@H](NC(=O)[C@@H](CC(C)C)NC(=O)[C@H](CCC(=O)O)NC(=O)[C@@H]2C[C@@H](O)CN2C(=O)CCc2cnc3ccccc3c2)CSCc2cccc(n2)CSC[C@@H](C(N)=O)NC1=O. The number of thioether (sulfide) groups is 2. The number of aliphatic hydroxyl groups excluding tert-OH is 1. The highest BCUT2D eigenvalue weighted by molar-refractivity contribution is 7.98. The minimum Gasteiger partial charge on any atom is -0.481 e. The lowest BCUT2D eigenvalue weighted by molar-refractivity contribution is -0.141. The van der Waals surface area contributed by atoms with Crippen molar-refractivity contribution in [1.82, 2.24) is 52.1 Å². The number of amides is 9. The predicted octanol–water partition coefficient (Wildman–Crippen LogP) is 1.77. The van der Waals surface area contributed by atoms with E-state index in [-0.39, 0.29) is 87.4 Å². The number of primary amides is 1. The molecule has 3 aliphatic rings. The van der Waals surface area contributed by atoms with Crippen molar-refractivity contribution in [2.24, 2.45) is 23.5 Å². The van der Waals surface area contributed by atoms with Crippen LogP contribution in [0.2, 0.25) is 0 Å². The number of carboxylic acid groups (broad SMARTS) is 1. The Hall–Kier alpha value is -6.90. The molecule has 0 radical (unpaired) electrons. The van der Waals surface area contributed by atoms with Gasteiger partial charge < -0.3 is 62.8 Å². The molecule has 2 saturated heterocycles. The van der Waals surface area contributed by atoms with Gasteiger partial charge >= 0.3 is 5.97 Å². The number of nitrogens with one attached hydrogen (secondary N) is 7. The van der Waals surface area contributed by atoms with Crippen molar-refractivity contribution in [3.05, 3.63) is 71.7 Å². The minimum atomic E-state index is -1.67. The Morgan fingerprint density at radius 3 is 2.19 bits per heavy atom. The second kappa shape index (κ2) is 32.0. The number of hydrogen-bond donors (Lipinski definition) is 10. The van der Waals surface area contributed by atoms with E-state index in [0.29, 0.717) is 30.0 Å². The topological polar surface area (TPSA) is 360 Å². The van der Waals surface area contributed by atoms with Crippen LogP contribution in [0.3, 0.4) is 0 Å². The number of likely N-dealkylation sites (tertiary alicyclic amines) is 1. The molecule has 2 fully saturated rings. The van der Waals surface area contributed by atoms with Gasteiger partial charge in [0, 0.05) is 86.5 Å². The van der Waals surface area contributed by atoms with Crippen LogP contribution in [0.15, 0.2) is 54.7 Å². The van der Waals surface area contributed by atoms with E-state index < -0.39 is 132 Å². The fraction of sp³-hybridized carbons (Fsp3) is 0.593. The van der Waals surface area contributed by atoms with Gasteiger partial charge in [-0.05, 0) is 73.3 Å². The van der Waals surface area contributed by atoms with Crippen LogP contribution in [-0.4, -0.2) is 169 Å². The maximum Gasteiger partial charge on any atom is 0.303 e. The summed E-state index contributed by atoms with van der Waals surface area (Å²) in [4.78, 5) is 150. The molecule has 0 aliphatic carbocycles. The molecule has 464 valence electrons. The molecular formula is C59H83N11O13S2. The molecule has 9 atom stereocenters. The largest absolute Gasteiger partial charge is 0.481 e. The van der Waals surface area contributed by atoms with E-state index in [1.807, 2.05) is 51.1 Å². The summed E-state index contributed by atoms with van der Waals surface area (Å²) in [6.45, 7) is 10.8. The lowest BCUT2D eigenvalue weighted by Gasteiger charge is -2.39. The van der Waals surface area contributed by atoms with Crippen molar-refractivity contribution in [1.29, 1.82) is 0 Å². The number of carboxylic acids is 1. The maximum absolute atomic E-state index is 14.9. The molecule has 0 unspecified atom stereocenters. The number of aromatic nitrogens is 2. The third-order valence-electron chi connectivity index (χ3n) is 15.3. The van der Waals surface area contributed by atoms with E-state index in [1.54, 1.807) is 45.2 Å². The van der Waals surface area contributed by atoms with E-state index in [9.17, 15) is 58.2 Å². The van der Waals surface area contributed by atoms with Gasteiger partial charge in [0.25, 0.3) is 0 Å². The van der Waals surface area contributed by atoms with Gasteiger partial charge in [-0.15, -0.1) is 0 Å². The fourth-order valence-electron chi connectivity index (χ4n) is 10.3. The van der Waals surface area contributed by atoms with Gasteiger partial charge in [-0.1, -0.05) is 72.2 Å². The zero-order valence-corrected chi connectivity index (χ0v) is 50.8. The second-order valence-electron chi connectivity index (χ2n) is 23.1. The molecule has 0 saturated carbocycles. The molecule has 9 amide bonds. The van der Waals surface area contributed by atoms with Crippen molar-refractivity contribution in [2.45, 2.75) is 171 Å². The number of rotatable bonds is 19. The molecule has 1 spiro atoms. The average Bonchev–Trinajstić information content (AvgIpc) is 4.12. The summed E-state index contributed by atoms with van der Waals surface area (Å²) in [6.07, 6.45) is 0.303. The van der Waals surface area contributed by atoms with Crippen molar-refractivity contribution < 1.29 is 62.9 Å². The molecule has 5 heterocycles. The minimum absolute atomic E-state index is 0.0138. The van der Waals surface area contributed by atoms with Gasteiger partial charge in [0.1, 0.15) is 47.8 Å². The Labute approximate surface area is 504 Å². The fourth-order valence-corrected chi connectivity index (χ4v) is 12.3. The number of ether oxygens (including phenoxy) is 1. The monoisotopic (exact) mass is 1220 g/mol. The summed E-state index contributed by atoms with van der Waals surface area (Å²) in [6, 6.07) is 5.91. The Bertz CT molecular complexity index is 2870.